The van der Waals surface area contributed by atoms with Crippen LogP contribution in [0.1, 0.15) is 55.8 Å². The highest BCUT2D eigenvalue weighted by molar-refractivity contribution is 5.95. The summed E-state index contributed by atoms with van der Waals surface area (Å²) < 4.78 is 5.31. The van der Waals surface area contributed by atoms with Gasteiger partial charge in [-0.1, -0.05) is 51.2 Å². The molecule has 0 aliphatic heterocycles. The zero-order valence-electron chi connectivity index (χ0n) is 13.2. The van der Waals surface area contributed by atoms with Crippen molar-refractivity contribution in [1.82, 2.24) is 0 Å². The third-order valence-corrected chi connectivity index (χ3v) is 3.79. The van der Waals surface area contributed by atoms with Crippen LogP contribution in [0.3, 0.4) is 0 Å². The second-order valence-corrected chi connectivity index (χ2v) is 5.65. The molecule has 3 heteroatoms. The van der Waals surface area contributed by atoms with Gasteiger partial charge in [0.1, 0.15) is 5.75 Å². The average Bonchev–Trinajstić information content (AvgIpc) is 2.53. The van der Waals surface area contributed by atoms with Gasteiger partial charge >= 0.3 is 5.97 Å². The van der Waals surface area contributed by atoms with Gasteiger partial charge in [-0.25, -0.2) is 4.79 Å². The molecule has 2 aromatic carbocycles. The molecule has 118 valence electrons. The van der Waals surface area contributed by atoms with Crippen LogP contribution in [0.15, 0.2) is 36.4 Å². The highest BCUT2D eigenvalue weighted by Gasteiger charge is 2.08. The van der Waals surface area contributed by atoms with Crippen LogP contribution in [-0.4, -0.2) is 17.7 Å². The van der Waals surface area contributed by atoms with Crippen molar-refractivity contribution in [2.75, 3.05) is 6.61 Å². The van der Waals surface area contributed by atoms with Crippen LogP contribution in [-0.2, 0) is 4.74 Å². The Balaban J connectivity index is 1.82. The lowest BCUT2D eigenvalue weighted by molar-refractivity contribution is 0.0498. The van der Waals surface area contributed by atoms with E-state index in [1.165, 1.54) is 25.7 Å². The van der Waals surface area contributed by atoms with Crippen LogP contribution in [0, 0.1) is 0 Å². The van der Waals surface area contributed by atoms with Gasteiger partial charge in [-0.05, 0) is 41.5 Å². The number of carbonyl (C=O) groups excluding carboxylic acids is 1. The van der Waals surface area contributed by atoms with E-state index >= 15 is 0 Å². The summed E-state index contributed by atoms with van der Waals surface area (Å²) in [6.45, 7) is 2.67. The summed E-state index contributed by atoms with van der Waals surface area (Å²) >= 11 is 0. The molecule has 0 amide bonds. The number of esters is 1. The Bertz CT molecular complexity index is 619. The molecule has 3 nitrogen and oxygen atoms in total. The minimum Gasteiger partial charge on any atom is -0.508 e. The van der Waals surface area contributed by atoms with Crippen molar-refractivity contribution in [2.24, 2.45) is 0 Å². The molecule has 0 saturated carbocycles. The van der Waals surface area contributed by atoms with Gasteiger partial charge < -0.3 is 9.84 Å². The van der Waals surface area contributed by atoms with Gasteiger partial charge in [-0.2, -0.15) is 0 Å². The van der Waals surface area contributed by atoms with Crippen molar-refractivity contribution in [2.45, 2.75) is 45.4 Å². The summed E-state index contributed by atoms with van der Waals surface area (Å²) in [5.41, 5.74) is 0.532. The molecule has 0 unspecified atom stereocenters. The smallest absolute Gasteiger partial charge is 0.338 e. The van der Waals surface area contributed by atoms with E-state index in [2.05, 4.69) is 6.92 Å². The van der Waals surface area contributed by atoms with Crippen LogP contribution in [0.25, 0.3) is 10.8 Å². The number of hydrogen-bond donors (Lipinski definition) is 1. The Morgan fingerprint density at radius 3 is 2.50 bits per heavy atom. The first-order valence-corrected chi connectivity index (χ1v) is 8.10. The van der Waals surface area contributed by atoms with Crippen molar-refractivity contribution in [3.05, 3.63) is 42.0 Å². The van der Waals surface area contributed by atoms with Gasteiger partial charge in [0.2, 0.25) is 0 Å². The van der Waals surface area contributed by atoms with Gasteiger partial charge in [0, 0.05) is 0 Å². The molecule has 0 aliphatic rings. The minimum atomic E-state index is -0.293. The van der Waals surface area contributed by atoms with Crippen LogP contribution in [0.4, 0.5) is 0 Å². The second-order valence-electron chi connectivity index (χ2n) is 5.65. The molecule has 0 radical (unpaired) electrons. The van der Waals surface area contributed by atoms with Crippen LogP contribution in [0.2, 0.25) is 0 Å². The van der Waals surface area contributed by atoms with Crippen LogP contribution in [0.5, 0.6) is 5.75 Å². The highest BCUT2D eigenvalue weighted by atomic mass is 16.5. The van der Waals surface area contributed by atoms with Crippen molar-refractivity contribution in [1.29, 1.82) is 0 Å². The first-order valence-electron chi connectivity index (χ1n) is 8.10. The first-order chi connectivity index (χ1) is 10.7. The number of carbonyl (C=O) groups is 1. The van der Waals surface area contributed by atoms with E-state index in [1.54, 1.807) is 24.3 Å². The number of unbranched alkanes of at least 4 members (excludes halogenated alkanes) is 5. The van der Waals surface area contributed by atoms with Gasteiger partial charge in [0.25, 0.3) is 0 Å². The zero-order valence-corrected chi connectivity index (χ0v) is 13.2. The maximum atomic E-state index is 12.0. The molecule has 2 rings (SSSR count). The highest BCUT2D eigenvalue weighted by Crippen LogP contribution is 2.21. The molecule has 2 aromatic rings. The fourth-order valence-electron chi connectivity index (χ4n) is 2.49. The van der Waals surface area contributed by atoms with E-state index < -0.39 is 0 Å². The number of phenolic OH excluding ortho intramolecular Hbond substituents is 1. The second kappa shape index (κ2) is 8.42. The van der Waals surface area contributed by atoms with Gasteiger partial charge in [0.15, 0.2) is 0 Å². The van der Waals surface area contributed by atoms with Crippen molar-refractivity contribution < 1.29 is 14.6 Å². The lowest BCUT2D eigenvalue weighted by Crippen LogP contribution is -2.06. The number of benzene rings is 2. The van der Waals surface area contributed by atoms with Gasteiger partial charge in [0.05, 0.1) is 12.2 Å². The summed E-state index contributed by atoms with van der Waals surface area (Å²) in [5.74, 6) is -0.0936. The zero-order chi connectivity index (χ0) is 15.8. The van der Waals surface area contributed by atoms with Gasteiger partial charge in [-0.3, -0.25) is 0 Å². The standard InChI is InChI=1S/C19H24O3/c1-2-3-4-5-6-7-12-22-19(21)16-9-8-15-10-11-18(20)14-17(15)13-16/h8-11,13-14,20H,2-7,12H2,1H3. The summed E-state index contributed by atoms with van der Waals surface area (Å²) in [4.78, 5) is 12.0. The van der Waals surface area contributed by atoms with E-state index in [4.69, 9.17) is 4.74 Å². The third-order valence-electron chi connectivity index (χ3n) is 3.79. The predicted molar refractivity (Wildman–Crippen MR) is 89.3 cm³/mol. The Morgan fingerprint density at radius 1 is 0.955 bits per heavy atom. The van der Waals surface area contributed by atoms with E-state index in [1.807, 2.05) is 12.1 Å². The number of hydrogen-bond acceptors (Lipinski definition) is 3. The molecule has 22 heavy (non-hydrogen) atoms. The molecular formula is C19H24O3. The molecule has 1 N–H and O–H groups in total. The Kier molecular flexibility index (Phi) is 6.26. The monoisotopic (exact) mass is 300 g/mol. The van der Waals surface area contributed by atoms with Gasteiger partial charge in [-0.15, -0.1) is 0 Å². The van der Waals surface area contributed by atoms with E-state index in [9.17, 15) is 9.90 Å². The summed E-state index contributed by atoms with van der Waals surface area (Å²) in [6, 6.07) is 10.5. The molecule has 0 saturated heterocycles. The lowest BCUT2D eigenvalue weighted by Gasteiger charge is -2.06. The summed E-state index contributed by atoms with van der Waals surface area (Å²) in [5, 5.41) is 11.3. The van der Waals surface area contributed by atoms with E-state index in [0.717, 1.165) is 23.6 Å². The quantitative estimate of drug-likeness (QED) is 0.547. The molecule has 0 aliphatic carbocycles. The largest absolute Gasteiger partial charge is 0.508 e. The average molecular weight is 300 g/mol. The summed E-state index contributed by atoms with van der Waals surface area (Å²) in [7, 11) is 0. The number of phenols is 1. The minimum absolute atomic E-state index is 0.199. The number of fused-ring (bicyclic) bond motifs is 1. The molecule has 0 atom stereocenters. The fourth-order valence-corrected chi connectivity index (χ4v) is 2.49. The number of rotatable bonds is 8. The first kappa shape index (κ1) is 16.3. The third kappa shape index (κ3) is 4.76. The van der Waals surface area contributed by atoms with Crippen molar-refractivity contribution in [3.8, 4) is 5.75 Å². The lowest BCUT2D eigenvalue weighted by atomic mass is 10.1. The van der Waals surface area contributed by atoms with Crippen LogP contribution < -0.4 is 0 Å². The maximum Gasteiger partial charge on any atom is 0.338 e. The fraction of sp³-hybridized carbons (Fsp3) is 0.421. The Labute approximate surface area is 131 Å². The molecule has 0 aromatic heterocycles. The van der Waals surface area contributed by atoms with Crippen LogP contribution >= 0.6 is 0 Å². The van der Waals surface area contributed by atoms with Crippen molar-refractivity contribution in [3.63, 3.8) is 0 Å². The van der Waals surface area contributed by atoms with E-state index in [0.29, 0.717) is 12.2 Å². The number of ether oxygens (including phenoxy) is 1. The molecule has 0 spiro atoms. The molecule has 0 fully saturated rings. The number of aromatic hydroxyl groups is 1. The van der Waals surface area contributed by atoms with E-state index in [-0.39, 0.29) is 11.7 Å². The summed E-state index contributed by atoms with van der Waals surface area (Å²) in [6.07, 6.45) is 7.03. The normalized spacial score (nSPS) is 10.8. The SMILES string of the molecule is CCCCCCCCOC(=O)c1ccc2ccc(O)cc2c1. The van der Waals surface area contributed by atoms with Crippen molar-refractivity contribution >= 4 is 16.7 Å². The topological polar surface area (TPSA) is 46.5 Å². The Morgan fingerprint density at radius 2 is 1.68 bits per heavy atom. The maximum absolute atomic E-state index is 12.0. The molecule has 0 heterocycles. The predicted octanol–water partition coefficient (Wildman–Crippen LogP) is 5.06. The molecule has 0 bridgehead atoms. The molecular weight excluding hydrogens is 276 g/mol. The Hall–Kier alpha value is -2.03.